The number of hydrogen-bond acceptors (Lipinski definition) is 7. The lowest BCUT2D eigenvalue weighted by molar-refractivity contribution is 0.415. The molecule has 3 aromatic heterocycles. The van der Waals surface area contributed by atoms with Crippen molar-refractivity contribution in [3.8, 4) is 5.75 Å². The smallest absolute Gasteiger partial charge is 0.151 e. The number of anilines is 2. The van der Waals surface area contributed by atoms with E-state index in [0.717, 1.165) is 37.8 Å². The topological polar surface area (TPSA) is 72.8 Å². The lowest BCUT2D eigenvalue weighted by Gasteiger charge is -2.06. The Kier molecular flexibility index (Phi) is 3.05. The normalized spacial score (nSPS) is 11.0. The van der Waals surface area contributed by atoms with Gasteiger partial charge in [-0.1, -0.05) is 0 Å². The molecule has 0 saturated carbocycles. The predicted octanol–water partition coefficient (Wildman–Crippen LogP) is 3.39. The first-order valence-electron chi connectivity index (χ1n) is 6.60. The van der Waals surface area contributed by atoms with Crippen LogP contribution in [0.15, 0.2) is 43.0 Å². The summed E-state index contributed by atoms with van der Waals surface area (Å²) in [5, 5.41) is 3.31. The van der Waals surface area contributed by atoms with Crippen LogP contribution in [0.25, 0.3) is 20.6 Å². The molecular formula is C15H11N5OS. The molecule has 0 unspecified atom stereocenters. The molecule has 108 valence electrons. The minimum absolute atomic E-state index is 0.750. The van der Waals surface area contributed by atoms with Gasteiger partial charge in [-0.25, -0.2) is 19.9 Å². The molecule has 0 spiro atoms. The van der Waals surface area contributed by atoms with Crippen LogP contribution in [0.3, 0.4) is 0 Å². The summed E-state index contributed by atoms with van der Waals surface area (Å²) in [6.07, 6.45) is 4.89. The summed E-state index contributed by atoms with van der Waals surface area (Å²) in [5.74, 6) is 1.56. The molecule has 22 heavy (non-hydrogen) atoms. The molecule has 6 nitrogen and oxygen atoms in total. The predicted molar refractivity (Wildman–Crippen MR) is 86.8 cm³/mol. The molecule has 0 saturated heterocycles. The minimum atomic E-state index is 0.750. The van der Waals surface area contributed by atoms with Gasteiger partial charge >= 0.3 is 0 Å². The Balaban J connectivity index is 1.80. The van der Waals surface area contributed by atoms with Crippen LogP contribution in [0.1, 0.15) is 0 Å². The highest BCUT2D eigenvalue weighted by Crippen LogP contribution is 2.34. The number of benzene rings is 1. The number of ether oxygens (including phenoxy) is 1. The number of methoxy groups -OCH3 is 1. The van der Waals surface area contributed by atoms with Crippen molar-refractivity contribution in [1.29, 1.82) is 0 Å². The van der Waals surface area contributed by atoms with Crippen molar-refractivity contribution in [1.82, 2.24) is 19.9 Å². The van der Waals surface area contributed by atoms with Crippen LogP contribution in [0, 0.1) is 0 Å². The Morgan fingerprint density at radius 3 is 2.59 bits per heavy atom. The van der Waals surface area contributed by atoms with Gasteiger partial charge in [-0.2, -0.15) is 0 Å². The van der Waals surface area contributed by atoms with Crippen LogP contribution in [0.2, 0.25) is 0 Å². The van der Waals surface area contributed by atoms with Gasteiger partial charge in [-0.3, -0.25) is 0 Å². The number of hydrogen-bond donors (Lipinski definition) is 1. The minimum Gasteiger partial charge on any atom is -0.497 e. The van der Waals surface area contributed by atoms with Crippen molar-refractivity contribution >= 4 is 43.4 Å². The Morgan fingerprint density at radius 2 is 1.77 bits per heavy atom. The molecule has 0 radical (unpaired) electrons. The van der Waals surface area contributed by atoms with E-state index in [4.69, 9.17) is 4.74 Å². The monoisotopic (exact) mass is 309 g/mol. The highest BCUT2D eigenvalue weighted by Gasteiger charge is 2.12. The maximum absolute atomic E-state index is 5.16. The molecule has 0 amide bonds. The standard InChI is InChI=1S/C15H11N5OS/c1-21-10-4-2-9(3-5-10)20-14-13-11(18-8-19-14)12-15(22-13)17-7-6-16-12/h2-8H,1H3,(H,18,19,20). The number of nitrogens with one attached hydrogen (secondary N) is 1. The second-order valence-electron chi connectivity index (χ2n) is 4.57. The number of rotatable bonds is 3. The second-order valence-corrected chi connectivity index (χ2v) is 5.56. The summed E-state index contributed by atoms with van der Waals surface area (Å²) in [6.45, 7) is 0. The molecule has 0 aliphatic rings. The maximum Gasteiger partial charge on any atom is 0.151 e. The zero-order chi connectivity index (χ0) is 14.9. The molecule has 0 atom stereocenters. The first-order valence-corrected chi connectivity index (χ1v) is 7.42. The summed E-state index contributed by atoms with van der Waals surface area (Å²) in [5.41, 5.74) is 2.56. The van der Waals surface area contributed by atoms with E-state index in [1.165, 1.54) is 17.7 Å². The van der Waals surface area contributed by atoms with E-state index in [-0.39, 0.29) is 0 Å². The van der Waals surface area contributed by atoms with Gasteiger partial charge in [0.05, 0.1) is 7.11 Å². The van der Waals surface area contributed by atoms with E-state index in [1.807, 2.05) is 24.3 Å². The summed E-state index contributed by atoms with van der Waals surface area (Å²) in [4.78, 5) is 18.2. The number of fused-ring (bicyclic) bond motifs is 3. The van der Waals surface area contributed by atoms with Gasteiger partial charge in [0.2, 0.25) is 0 Å². The molecular weight excluding hydrogens is 298 g/mol. The van der Waals surface area contributed by atoms with Crippen LogP contribution in [0.4, 0.5) is 11.5 Å². The Morgan fingerprint density at radius 1 is 0.955 bits per heavy atom. The molecule has 1 aromatic carbocycles. The number of thiophene rings is 1. The highest BCUT2D eigenvalue weighted by molar-refractivity contribution is 7.25. The molecule has 4 aromatic rings. The van der Waals surface area contributed by atoms with Crippen molar-refractivity contribution in [2.45, 2.75) is 0 Å². The Labute approximate surface area is 129 Å². The maximum atomic E-state index is 5.16. The molecule has 0 bridgehead atoms. The number of aromatic nitrogens is 4. The lowest BCUT2D eigenvalue weighted by Crippen LogP contribution is -1.94. The van der Waals surface area contributed by atoms with Crippen molar-refractivity contribution < 1.29 is 4.74 Å². The quantitative estimate of drug-likeness (QED) is 0.625. The van der Waals surface area contributed by atoms with E-state index in [0.29, 0.717) is 0 Å². The van der Waals surface area contributed by atoms with Gasteiger partial charge in [0, 0.05) is 18.1 Å². The van der Waals surface area contributed by atoms with E-state index >= 15 is 0 Å². The van der Waals surface area contributed by atoms with Gasteiger partial charge in [-0.15, -0.1) is 11.3 Å². The third kappa shape index (κ3) is 2.11. The Bertz CT molecular complexity index is 951. The molecule has 0 aliphatic carbocycles. The van der Waals surface area contributed by atoms with Crippen molar-refractivity contribution in [3.05, 3.63) is 43.0 Å². The molecule has 7 heteroatoms. The van der Waals surface area contributed by atoms with Crippen LogP contribution in [-0.2, 0) is 0 Å². The second kappa shape index (κ2) is 5.19. The fourth-order valence-electron chi connectivity index (χ4n) is 2.20. The summed E-state index contributed by atoms with van der Waals surface area (Å²) < 4.78 is 6.11. The summed E-state index contributed by atoms with van der Waals surface area (Å²) in [7, 11) is 1.65. The fraction of sp³-hybridized carbons (Fsp3) is 0.0667. The Hall–Kier alpha value is -2.80. The molecule has 0 aliphatic heterocycles. The first kappa shape index (κ1) is 12.9. The first-order chi connectivity index (χ1) is 10.8. The van der Waals surface area contributed by atoms with Gasteiger partial charge in [0.25, 0.3) is 0 Å². The fourth-order valence-corrected chi connectivity index (χ4v) is 3.20. The lowest BCUT2D eigenvalue weighted by atomic mass is 10.3. The van der Waals surface area contributed by atoms with E-state index < -0.39 is 0 Å². The average molecular weight is 309 g/mol. The van der Waals surface area contributed by atoms with Gasteiger partial charge < -0.3 is 10.1 Å². The number of nitrogens with zero attached hydrogens (tertiary/aromatic N) is 4. The third-order valence-electron chi connectivity index (χ3n) is 3.24. The largest absolute Gasteiger partial charge is 0.497 e. The van der Waals surface area contributed by atoms with Gasteiger partial charge in [0.15, 0.2) is 5.82 Å². The van der Waals surface area contributed by atoms with Crippen LogP contribution >= 0.6 is 11.3 Å². The summed E-state index contributed by atoms with van der Waals surface area (Å²) >= 11 is 1.53. The van der Waals surface area contributed by atoms with Gasteiger partial charge in [0.1, 0.15) is 32.6 Å². The SMILES string of the molecule is COc1ccc(Nc2ncnc3c2sc2nccnc23)cc1. The highest BCUT2D eigenvalue weighted by atomic mass is 32.1. The average Bonchev–Trinajstić information content (AvgIpc) is 2.95. The molecule has 0 fully saturated rings. The van der Waals surface area contributed by atoms with Crippen LogP contribution in [0.5, 0.6) is 5.75 Å². The molecule has 4 rings (SSSR count). The van der Waals surface area contributed by atoms with Crippen molar-refractivity contribution in [2.75, 3.05) is 12.4 Å². The van der Waals surface area contributed by atoms with Crippen LogP contribution in [-0.4, -0.2) is 27.0 Å². The zero-order valence-electron chi connectivity index (χ0n) is 11.6. The third-order valence-corrected chi connectivity index (χ3v) is 4.33. The molecule has 3 heterocycles. The van der Waals surface area contributed by atoms with Crippen molar-refractivity contribution in [3.63, 3.8) is 0 Å². The molecule has 1 N–H and O–H groups in total. The van der Waals surface area contributed by atoms with E-state index in [9.17, 15) is 0 Å². The van der Waals surface area contributed by atoms with E-state index in [2.05, 4.69) is 25.3 Å². The van der Waals surface area contributed by atoms with Crippen LogP contribution < -0.4 is 10.1 Å². The zero-order valence-corrected chi connectivity index (χ0v) is 12.5. The van der Waals surface area contributed by atoms with Crippen molar-refractivity contribution in [2.24, 2.45) is 0 Å². The van der Waals surface area contributed by atoms with Gasteiger partial charge in [-0.05, 0) is 24.3 Å². The van der Waals surface area contributed by atoms with E-state index in [1.54, 1.807) is 19.5 Å². The summed E-state index contributed by atoms with van der Waals surface area (Å²) in [6, 6.07) is 7.68.